The molecule has 1 fully saturated rings. The van der Waals surface area contributed by atoms with Crippen LogP contribution in [0.3, 0.4) is 0 Å². The summed E-state index contributed by atoms with van der Waals surface area (Å²) in [6.07, 6.45) is 2.76. The number of fused-ring (bicyclic) bond motifs is 1. The minimum absolute atomic E-state index is 0.187. The van der Waals surface area contributed by atoms with Crippen LogP contribution in [0.25, 0.3) is 22.2 Å². The lowest BCUT2D eigenvalue weighted by Gasteiger charge is -2.26. The summed E-state index contributed by atoms with van der Waals surface area (Å²) in [6.45, 7) is 2.89. The Bertz CT molecular complexity index is 1550. The Morgan fingerprint density at radius 1 is 0.944 bits per heavy atom. The molecule has 1 aliphatic rings. The molecule has 0 radical (unpaired) electrons. The SMILES string of the molecule is Cc1ccc(S(=O)(=O)N2CCCCC2)cc1NC(=O)c1cc(-c2ccc(Cl)cc2)nc2ccccc12. The molecule has 1 N–H and O–H groups in total. The van der Waals surface area contributed by atoms with Gasteiger partial charge >= 0.3 is 0 Å². The van der Waals surface area contributed by atoms with Gasteiger partial charge in [-0.05, 0) is 61.7 Å². The number of carbonyl (C=O) groups is 1. The van der Waals surface area contributed by atoms with Crippen LogP contribution < -0.4 is 5.32 Å². The van der Waals surface area contributed by atoms with Crippen molar-refractivity contribution in [3.05, 3.63) is 88.9 Å². The number of sulfonamides is 1. The number of hydrogen-bond donors (Lipinski definition) is 1. The number of benzene rings is 3. The van der Waals surface area contributed by atoms with E-state index < -0.39 is 10.0 Å². The van der Waals surface area contributed by atoms with E-state index in [0.717, 1.165) is 30.4 Å². The molecule has 0 spiro atoms. The van der Waals surface area contributed by atoms with Crippen molar-refractivity contribution >= 4 is 44.1 Å². The van der Waals surface area contributed by atoms with Crippen LogP contribution in [-0.4, -0.2) is 36.7 Å². The molecule has 1 aromatic heterocycles. The van der Waals surface area contributed by atoms with E-state index in [1.807, 2.05) is 43.3 Å². The molecule has 6 nitrogen and oxygen atoms in total. The van der Waals surface area contributed by atoms with Crippen molar-refractivity contribution < 1.29 is 13.2 Å². The second kappa shape index (κ2) is 10.0. The third-order valence-electron chi connectivity index (χ3n) is 6.51. The number of hydrogen-bond acceptors (Lipinski definition) is 4. The van der Waals surface area contributed by atoms with E-state index in [9.17, 15) is 13.2 Å². The van der Waals surface area contributed by atoms with Gasteiger partial charge in [-0.1, -0.05) is 54.4 Å². The molecule has 184 valence electrons. The fourth-order valence-corrected chi connectivity index (χ4v) is 6.14. The first kappa shape index (κ1) is 24.4. The molecule has 36 heavy (non-hydrogen) atoms. The van der Waals surface area contributed by atoms with Gasteiger partial charge in [0.15, 0.2) is 0 Å². The summed E-state index contributed by atoms with van der Waals surface area (Å²) in [7, 11) is -3.62. The number of nitrogens with zero attached hydrogens (tertiary/aromatic N) is 2. The summed E-state index contributed by atoms with van der Waals surface area (Å²) in [5, 5.41) is 4.28. The monoisotopic (exact) mass is 519 g/mol. The van der Waals surface area contributed by atoms with E-state index in [-0.39, 0.29) is 10.8 Å². The highest BCUT2D eigenvalue weighted by atomic mass is 35.5. The Kier molecular flexibility index (Phi) is 6.79. The van der Waals surface area contributed by atoms with E-state index in [2.05, 4.69) is 5.32 Å². The van der Waals surface area contributed by atoms with Crippen LogP contribution in [-0.2, 0) is 10.0 Å². The average molecular weight is 520 g/mol. The van der Waals surface area contributed by atoms with Gasteiger partial charge in [-0.25, -0.2) is 13.4 Å². The molecular formula is C28H26ClN3O3S. The van der Waals surface area contributed by atoms with E-state index in [1.54, 1.807) is 36.4 Å². The van der Waals surface area contributed by atoms with E-state index in [4.69, 9.17) is 16.6 Å². The fourth-order valence-electron chi connectivity index (χ4n) is 4.47. The van der Waals surface area contributed by atoms with Crippen molar-refractivity contribution in [2.75, 3.05) is 18.4 Å². The molecule has 1 aliphatic heterocycles. The number of rotatable bonds is 5. The van der Waals surface area contributed by atoms with Crippen LogP contribution in [0.1, 0.15) is 35.2 Å². The van der Waals surface area contributed by atoms with Crippen molar-refractivity contribution in [2.24, 2.45) is 0 Å². The summed E-state index contributed by atoms with van der Waals surface area (Å²) >= 11 is 6.04. The van der Waals surface area contributed by atoms with E-state index >= 15 is 0 Å². The topological polar surface area (TPSA) is 79.4 Å². The number of halogens is 1. The van der Waals surface area contributed by atoms with E-state index in [1.165, 1.54) is 4.31 Å². The number of nitrogens with one attached hydrogen (secondary N) is 1. The van der Waals surface area contributed by atoms with Crippen LogP contribution in [0.5, 0.6) is 0 Å². The van der Waals surface area contributed by atoms with Crippen molar-refractivity contribution in [1.29, 1.82) is 0 Å². The molecule has 8 heteroatoms. The quantitative estimate of drug-likeness (QED) is 0.336. The summed E-state index contributed by atoms with van der Waals surface area (Å²) in [6, 6.07) is 21.4. The third kappa shape index (κ3) is 4.87. The predicted octanol–water partition coefficient (Wildman–Crippen LogP) is 6.29. The lowest BCUT2D eigenvalue weighted by molar-refractivity contribution is 0.102. The van der Waals surface area contributed by atoms with Crippen molar-refractivity contribution in [1.82, 2.24) is 9.29 Å². The highest BCUT2D eigenvalue weighted by Crippen LogP contribution is 2.29. The number of aryl methyl sites for hydroxylation is 1. The van der Waals surface area contributed by atoms with Crippen LogP contribution in [0, 0.1) is 6.92 Å². The summed E-state index contributed by atoms with van der Waals surface area (Å²) in [4.78, 5) is 18.5. The molecule has 0 atom stereocenters. The number of piperidine rings is 1. The first-order valence-corrected chi connectivity index (χ1v) is 13.7. The van der Waals surface area contributed by atoms with Gasteiger partial charge in [-0.15, -0.1) is 0 Å². The number of anilines is 1. The van der Waals surface area contributed by atoms with Crippen LogP contribution in [0.2, 0.25) is 5.02 Å². The molecule has 1 amide bonds. The number of amides is 1. The van der Waals surface area contributed by atoms with Gasteiger partial charge in [0.1, 0.15) is 0 Å². The van der Waals surface area contributed by atoms with E-state index in [0.29, 0.717) is 46.0 Å². The van der Waals surface area contributed by atoms with Crippen LogP contribution in [0.4, 0.5) is 5.69 Å². The van der Waals surface area contributed by atoms with Crippen molar-refractivity contribution in [3.63, 3.8) is 0 Å². The summed E-state index contributed by atoms with van der Waals surface area (Å²) in [5.74, 6) is -0.334. The largest absolute Gasteiger partial charge is 0.322 e. The van der Waals surface area contributed by atoms with Crippen LogP contribution in [0.15, 0.2) is 77.7 Å². The maximum atomic E-state index is 13.6. The van der Waals surface area contributed by atoms with Gasteiger partial charge in [0.2, 0.25) is 10.0 Å². The molecule has 2 heterocycles. The van der Waals surface area contributed by atoms with Crippen molar-refractivity contribution in [2.45, 2.75) is 31.1 Å². The molecule has 1 saturated heterocycles. The minimum Gasteiger partial charge on any atom is -0.322 e. The third-order valence-corrected chi connectivity index (χ3v) is 8.66. The predicted molar refractivity (Wildman–Crippen MR) is 144 cm³/mol. The van der Waals surface area contributed by atoms with Crippen molar-refractivity contribution in [3.8, 4) is 11.3 Å². The van der Waals surface area contributed by atoms with Gasteiger partial charge < -0.3 is 5.32 Å². The highest BCUT2D eigenvalue weighted by molar-refractivity contribution is 7.89. The Morgan fingerprint density at radius 2 is 1.67 bits per heavy atom. The van der Waals surface area contributed by atoms with Gasteiger partial charge in [0.25, 0.3) is 5.91 Å². The first-order chi connectivity index (χ1) is 17.3. The average Bonchev–Trinajstić information content (AvgIpc) is 2.90. The summed E-state index contributed by atoms with van der Waals surface area (Å²) < 4.78 is 27.9. The molecule has 0 unspecified atom stereocenters. The molecule has 0 aliphatic carbocycles. The van der Waals surface area contributed by atoms with Gasteiger partial charge in [-0.3, -0.25) is 4.79 Å². The number of pyridine rings is 1. The maximum absolute atomic E-state index is 13.6. The smallest absolute Gasteiger partial charge is 0.256 e. The zero-order valence-electron chi connectivity index (χ0n) is 19.9. The fraction of sp³-hybridized carbons (Fsp3) is 0.214. The minimum atomic E-state index is -3.62. The van der Waals surface area contributed by atoms with Gasteiger partial charge in [0.05, 0.1) is 21.7 Å². The number of para-hydroxylation sites is 1. The Balaban J connectivity index is 1.51. The zero-order valence-corrected chi connectivity index (χ0v) is 21.4. The van der Waals surface area contributed by atoms with Gasteiger partial charge in [0, 0.05) is 34.7 Å². The lowest BCUT2D eigenvalue weighted by atomic mass is 10.0. The molecular weight excluding hydrogens is 494 g/mol. The second-order valence-electron chi connectivity index (χ2n) is 8.97. The first-order valence-electron chi connectivity index (χ1n) is 11.9. The highest BCUT2D eigenvalue weighted by Gasteiger charge is 2.26. The number of aromatic nitrogens is 1. The van der Waals surface area contributed by atoms with Crippen LogP contribution >= 0.6 is 11.6 Å². The normalized spacial score (nSPS) is 14.6. The zero-order chi connectivity index (χ0) is 25.3. The molecule has 4 aromatic rings. The number of carbonyl (C=O) groups excluding carboxylic acids is 1. The Hall–Kier alpha value is -3.26. The maximum Gasteiger partial charge on any atom is 0.256 e. The molecule has 0 saturated carbocycles. The second-order valence-corrected chi connectivity index (χ2v) is 11.3. The standard InChI is InChI=1S/C28H26ClN3O3S/c1-19-9-14-22(36(34,35)32-15-5-2-6-16-32)17-26(19)31-28(33)24-18-27(20-10-12-21(29)13-11-20)30-25-8-4-3-7-23(24)25/h3-4,7-14,17-18H,2,5-6,15-16H2,1H3,(H,31,33). The molecule has 3 aromatic carbocycles. The molecule has 0 bridgehead atoms. The van der Waals surface area contributed by atoms with Gasteiger partial charge in [-0.2, -0.15) is 4.31 Å². The summed E-state index contributed by atoms with van der Waals surface area (Å²) in [5.41, 5.74) is 3.87. The molecule has 5 rings (SSSR count). The lowest BCUT2D eigenvalue weighted by Crippen LogP contribution is -2.35. The Morgan fingerprint density at radius 3 is 2.42 bits per heavy atom. The Labute approximate surface area is 216 Å².